The van der Waals surface area contributed by atoms with Gasteiger partial charge in [-0.1, -0.05) is 167 Å². The van der Waals surface area contributed by atoms with Crippen molar-refractivity contribution in [2.24, 2.45) is 0 Å². The lowest BCUT2D eigenvalue weighted by Gasteiger charge is -2.24. The Hall–Kier alpha value is -1.02. The third kappa shape index (κ3) is 42.0. The molecule has 0 aromatic heterocycles. The highest BCUT2D eigenvalue weighted by atomic mass is 31.2. The van der Waals surface area contributed by atoms with E-state index in [1.54, 1.807) is 0 Å². The van der Waals surface area contributed by atoms with Crippen molar-refractivity contribution in [2.75, 3.05) is 54.1 Å². The quantitative estimate of drug-likeness (QED) is 0.0217. The minimum absolute atomic E-state index is 0.0901. The van der Waals surface area contributed by atoms with Crippen LogP contribution in [0.4, 0.5) is 0 Å². The molecule has 0 heterocycles. The van der Waals surface area contributed by atoms with Crippen molar-refractivity contribution in [2.45, 2.75) is 200 Å². The maximum absolute atomic E-state index is 12.4. The molecule has 0 amide bonds. The van der Waals surface area contributed by atoms with E-state index in [1.165, 1.54) is 122 Å². The van der Waals surface area contributed by atoms with Crippen molar-refractivity contribution in [1.29, 1.82) is 0 Å². The summed E-state index contributed by atoms with van der Waals surface area (Å²) in [7, 11) is 1.67. The first kappa shape index (κ1) is 52.0. The molecule has 53 heavy (non-hydrogen) atoms. The van der Waals surface area contributed by atoms with Crippen LogP contribution in [-0.4, -0.2) is 75.6 Å². The van der Waals surface area contributed by atoms with E-state index in [0.29, 0.717) is 24.1 Å². The molecule has 0 radical (unpaired) electrons. The van der Waals surface area contributed by atoms with Crippen molar-refractivity contribution >= 4 is 13.8 Å². The molecule has 0 aromatic carbocycles. The topological polar surface area (TPSA) is 91.3 Å². The Bertz CT molecular complexity index is 905. The van der Waals surface area contributed by atoms with E-state index < -0.39 is 13.9 Å². The number of hydrogen-bond donors (Lipinski definition) is 1. The van der Waals surface area contributed by atoms with E-state index in [1.807, 2.05) is 21.1 Å². The van der Waals surface area contributed by atoms with E-state index in [4.69, 9.17) is 18.5 Å². The molecular formula is C44H87NO7P+. The average Bonchev–Trinajstić information content (AvgIpc) is 3.11. The fourth-order valence-electron chi connectivity index (χ4n) is 6.05. The highest BCUT2D eigenvalue weighted by Gasteiger charge is 2.26. The summed E-state index contributed by atoms with van der Waals surface area (Å²) >= 11 is 0. The number of phosphoric acid groups is 1. The summed E-state index contributed by atoms with van der Waals surface area (Å²) in [6, 6.07) is 0. The highest BCUT2D eigenvalue weighted by molar-refractivity contribution is 7.47. The number of ether oxygens (including phenoxy) is 2. The molecule has 0 saturated carbocycles. The minimum Gasteiger partial charge on any atom is -0.457 e. The van der Waals surface area contributed by atoms with Gasteiger partial charge >= 0.3 is 13.8 Å². The van der Waals surface area contributed by atoms with Gasteiger partial charge in [0.1, 0.15) is 19.3 Å². The second-order valence-corrected chi connectivity index (χ2v) is 17.5. The molecular weight excluding hydrogens is 685 g/mol. The summed E-state index contributed by atoms with van der Waals surface area (Å²) in [6.45, 7) is 5.54. The van der Waals surface area contributed by atoms with E-state index >= 15 is 0 Å². The summed E-state index contributed by atoms with van der Waals surface area (Å²) in [5, 5.41) is 0. The highest BCUT2D eigenvalue weighted by Crippen LogP contribution is 2.43. The molecule has 0 saturated heterocycles. The van der Waals surface area contributed by atoms with Crippen molar-refractivity contribution in [3.8, 4) is 0 Å². The Morgan fingerprint density at radius 3 is 1.53 bits per heavy atom. The number of quaternary nitrogens is 1. The van der Waals surface area contributed by atoms with Gasteiger partial charge in [-0.2, -0.15) is 0 Å². The van der Waals surface area contributed by atoms with Crippen LogP contribution in [0.15, 0.2) is 24.3 Å². The van der Waals surface area contributed by atoms with Gasteiger partial charge in [0.2, 0.25) is 0 Å². The second-order valence-electron chi connectivity index (χ2n) is 16.1. The monoisotopic (exact) mass is 773 g/mol. The number of phosphoric ester groups is 1. The molecule has 0 fully saturated rings. The van der Waals surface area contributed by atoms with Crippen LogP contribution in [0.25, 0.3) is 0 Å². The molecule has 0 aromatic rings. The molecule has 0 aliphatic heterocycles. The first-order valence-corrected chi connectivity index (χ1v) is 23.6. The number of carbonyl (C=O) groups excluding carboxylic acids is 1. The fourth-order valence-corrected chi connectivity index (χ4v) is 6.79. The SMILES string of the molecule is CCCCCCC/C=C\C/C=C\CCCCCCCCCCCCCCCCOCC(COP(=O)(O)OCC[N+](C)(C)C)OC(=O)CCCCCCC. The zero-order valence-electron chi connectivity index (χ0n) is 35.5. The zero-order valence-corrected chi connectivity index (χ0v) is 36.4. The van der Waals surface area contributed by atoms with Crippen LogP contribution < -0.4 is 0 Å². The summed E-state index contributed by atoms with van der Waals surface area (Å²) < 4.78 is 34.7. The Morgan fingerprint density at radius 1 is 0.585 bits per heavy atom. The molecule has 0 bridgehead atoms. The Labute approximate surface area is 328 Å². The summed E-state index contributed by atoms with van der Waals surface area (Å²) in [4.78, 5) is 22.6. The Balaban J connectivity index is 3.87. The molecule has 0 rings (SSSR count). The molecule has 2 unspecified atom stereocenters. The number of nitrogens with zero attached hydrogens (tertiary/aromatic N) is 1. The molecule has 0 aliphatic rings. The molecule has 0 aliphatic carbocycles. The van der Waals surface area contributed by atoms with Crippen LogP contribution in [0.1, 0.15) is 194 Å². The van der Waals surface area contributed by atoms with Gasteiger partial charge in [-0.05, 0) is 44.9 Å². The van der Waals surface area contributed by atoms with E-state index in [0.717, 1.165) is 51.4 Å². The largest absolute Gasteiger partial charge is 0.472 e. The molecule has 8 nitrogen and oxygen atoms in total. The normalized spacial score (nSPS) is 14.0. The number of hydrogen-bond acceptors (Lipinski definition) is 6. The van der Waals surface area contributed by atoms with Gasteiger partial charge in [-0.15, -0.1) is 0 Å². The van der Waals surface area contributed by atoms with Crippen molar-refractivity contribution < 1.29 is 37.3 Å². The maximum atomic E-state index is 12.4. The van der Waals surface area contributed by atoms with Gasteiger partial charge in [0.05, 0.1) is 34.4 Å². The van der Waals surface area contributed by atoms with Crippen LogP contribution in [0.3, 0.4) is 0 Å². The standard InChI is InChI=1S/C44H86NO7P/c1-6-8-10-12-13-14-15-16-17-18-19-20-21-22-23-24-25-26-27-28-29-30-31-32-34-36-39-49-41-43(52-44(46)37-35-33-11-9-7-2)42-51-53(47,48)50-40-38-45(3,4)5/h15-16,18-19,43H,6-14,17,20-42H2,1-5H3/p+1/b16-15-,19-18-. The van der Waals surface area contributed by atoms with Gasteiger partial charge in [0.25, 0.3) is 0 Å². The van der Waals surface area contributed by atoms with E-state index in [2.05, 4.69) is 38.2 Å². The Kier molecular flexibility index (Phi) is 37.2. The van der Waals surface area contributed by atoms with Gasteiger partial charge < -0.3 is 18.9 Å². The third-order valence-corrected chi connectivity index (χ3v) is 10.5. The average molecular weight is 773 g/mol. The summed E-state index contributed by atoms with van der Waals surface area (Å²) in [6.07, 6.45) is 42.6. The summed E-state index contributed by atoms with van der Waals surface area (Å²) in [5.41, 5.74) is 0. The third-order valence-electron chi connectivity index (χ3n) is 9.52. The van der Waals surface area contributed by atoms with Gasteiger partial charge in [0, 0.05) is 13.0 Å². The van der Waals surface area contributed by atoms with Crippen molar-refractivity contribution in [3.05, 3.63) is 24.3 Å². The predicted molar refractivity (Wildman–Crippen MR) is 224 cm³/mol. The number of likely N-dealkylation sites (N-methyl/N-ethyl adjacent to an activating group) is 1. The van der Waals surface area contributed by atoms with E-state index in [9.17, 15) is 14.3 Å². The molecule has 314 valence electrons. The Morgan fingerprint density at radius 2 is 1.04 bits per heavy atom. The number of rotatable bonds is 41. The van der Waals surface area contributed by atoms with Crippen LogP contribution in [-0.2, 0) is 27.9 Å². The number of carbonyl (C=O) groups is 1. The number of unbranched alkanes of at least 4 members (excludes halogenated alkanes) is 23. The van der Waals surface area contributed by atoms with Crippen molar-refractivity contribution in [1.82, 2.24) is 0 Å². The minimum atomic E-state index is -4.26. The smallest absolute Gasteiger partial charge is 0.457 e. The van der Waals surface area contributed by atoms with Crippen LogP contribution in [0.2, 0.25) is 0 Å². The maximum Gasteiger partial charge on any atom is 0.472 e. The van der Waals surface area contributed by atoms with Crippen LogP contribution in [0.5, 0.6) is 0 Å². The van der Waals surface area contributed by atoms with Gasteiger partial charge in [-0.3, -0.25) is 13.8 Å². The van der Waals surface area contributed by atoms with E-state index in [-0.39, 0.29) is 25.8 Å². The molecule has 1 N–H and O–H groups in total. The lowest BCUT2D eigenvalue weighted by atomic mass is 10.0. The van der Waals surface area contributed by atoms with Crippen LogP contribution >= 0.6 is 7.82 Å². The lowest BCUT2D eigenvalue weighted by molar-refractivity contribution is -0.870. The number of allylic oxidation sites excluding steroid dienone is 4. The van der Waals surface area contributed by atoms with Gasteiger partial charge in [-0.25, -0.2) is 4.57 Å². The fraction of sp³-hybridized carbons (Fsp3) is 0.886. The molecule has 0 spiro atoms. The first-order valence-electron chi connectivity index (χ1n) is 22.1. The zero-order chi connectivity index (χ0) is 39.1. The first-order chi connectivity index (χ1) is 25.6. The number of esters is 1. The van der Waals surface area contributed by atoms with Gasteiger partial charge in [0.15, 0.2) is 0 Å². The predicted octanol–water partition coefficient (Wildman–Crippen LogP) is 12.8. The van der Waals surface area contributed by atoms with Crippen molar-refractivity contribution in [3.63, 3.8) is 0 Å². The molecule has 9 heteroatoms. The van der Waals surface area contributed by atoms with Crippen LogP contribution in [0, 0.1) is 0 Å². The lowest BCUT2D eigenvalue weighted by Crippen LogP contribution is -2.37. The summed E-state index contributed by atoms with van der Waals surface area (Å²) in [5.74, 6) is -0.325. The molecule has 2 atom stereocenters. The second kappa shape index (κ2) is 37.9.